The first-order chi connectivity index (χ1) is 9.25. The standard InChI is InChI=1S/C14H25N3O2/c1-11(14(18)17-7-9-19-10-8-17)15-12-4-6-16-5-2-3-13(12)16/h11-13,15H,2-10H2,1H3. The molecular formula is C14H25N3O2. The summed E-state index contributed by atoms with van der Waals surface area (Å²) in [4.78, 5) is 16.9. The summed E-state index contributed by atoms with van der Waals surface area (Å²) in [6, 6.07) is 1.10. The van der Waals surface area contributed by atoms with Crippen LogP contribution >= 0.6 is 0 Å². The van der Waals surface area contributed by atoms with Crippen molar-refractivity contribution in [2.24, 2.45) is 0 Å². The Labute approximate surface area is 115 Å². The maximum atomic E-state index is 12.4. The van der Waals surface area contributed by atoms with Crippen molar-refractivity contribution in [2.75, 3.05) is 39.4 Å². The number of hydrogen-bond donors (Lipinski definition) is 1. The van der Waals surface area contributed by atoms with Crippen LogP contribution in [0.15, 0.2) is 0 Å². The molecule has 3 aliphatic rings. The molecule has 3 heterocycles. The van der Waals surface area contributed by atoms with Crippen molar-refractivity contribution in [3.63, 3.8) is 0 Å². The highest BCUT2D eigenvalue weighted by atomic mass is 16.5. The minimum absolute atomic E-state index is 0.0661. The number of ether oxygens (including phenoxy) is 1. The number of hydrogen-bond acceptors (Lipinski definition) is 4. The molecule has 0 saturated carbocycles. The molecule has 0 spiro atoms. The highest BCUT2D eigenvalue weighted by Gasteiger charge is 2.38. The summed E-state index contributed by atoms with van der Waals surface area (Å²) in [5.74, 6) is 0.236. The fourth-order valence-electron chi connectivity index (χ4n) is 3.73. The van der Waals surface area contributed by atoms with Gasteiger partial charge in [-0.1, -0.05) is 0 Å². The number of nitrogens with one attached hydrogen (secondary N) is 1. The van der Waals surface area contributed by atoms with Crippen LogP contribution in [-0.2, 0) is 9.53 Å². The van der Waals surface area contributed by atoms with Gasteiger partial charge in [0.15, 0.2) is 0 Å². The number of amides is 1. The number of carbonyl (C=O) groups is 1. The quantitative estimate of drug-likeness (QED) is 0.785. The number of rotatable bonds is 3. The van der Waals surface area contributed by atoms with Gasteiger partial charge in [-0.05, 0) is 32.7 Å². The number of morpholine rings is 1. The van der Waals surface area contributed by atoms with Crippen molar-refractivity contribution in [1.29, 1.82) is 0 Å². The molecule has 1 amide bonds. The number of carbonyl (C=O) groups excluding carboxylic acids is 1. The van der Waals surface area contributed by atoms with E-state index in [9.17, 15) is 4.79 Å². The third-order valence-electron chi connectivity index (χ3n) is 4.76. The van der Waals surface area contributed by atoms with Gasteiger partial charge >= 0.3 is 0 Å². The zero-order valence-corrected chi connectivity index (χ0v) is 11.8. The molecule has 5 nitrogen and oxygen atoms in total. The molecule has 0 bridgehead atoms. The zero-order valence-electron chi connectivity index (χ0n) is 11.8. The lowest BCUT2D eigenvalue weighted by atomic mass is 10.1. The van der Waals surface area contributed by atoms with Gasteiger partial charge in [0.1, 0.15) is 0 Å². The summed E-state index contributed by atoms with van der Waals surface area (Å²) in [6.45, 7) is 7.29. The van der Waals surface area contributed by atoms with Crippen LogP contribution in [0.5, 0.6) is 0 Å². The van der Waals surface area contributed by atoms with Crippen molar-refractivity contribution in [3.05, 3.63) is 0 Å². The van der Waals surface area contributed by atoms with Crippen molar-refractivity contribution < 1.29 is 9.53 Å². The summed E-state index contributed by atoms with van der Waals surface area (Å²) in [5, 5.41) is 3.57. The average Bonchev–Trinajstić information content (AvgIpc) is 3.04. The van der Waals surface area contributed by atoms with Gasteiger partial charge in [-0.3, -0.25) is 9.69 Å². The maximum absolute atomic E-state index is 12.4. The maximum Gasteiger partial charge on any atom is 0.239 e. The van der Waals surface area contributed by atoms with Gasteiger partial charge in [-0.2, -0.15) is 0 Å². The largest absolute Gasteiger partial charge is 0.378 e. The van der Waals surface area contributed by atoms with E-state index in [4.69, 9.17) is 4.74 Å². The Morgan fingerprint density at radius 3 is 2.79 bits per heavy atom. The van der Waals surface area contributed by atoms with Crippen molar-refractivity contribution in [3.8, 4) is 0 Å². The minimum Gasteiger partial charge on any atom is -0.378 e. The fourth-order valence-corrected chi connectivity index (χ4v) is 3.73. The zero-order chi connectivity index (χ0) is 13.2. The van der Waals surface area contributed by atoms with Crippen LogP contribution in [-0.4, -0.2) is 73.2 Å². The molecule has 0 aromatic heterocycles. The molecule has 3 aliphatic heterocycles. The second-order valence-corrected chi connectivity index (χ2v) is 5.97. The predicted octanol–water partition coefficient (Wildman–Crippen LogP) is 0.0600. The summed E-state index contributed by atoms with van der Waals surface area (Å²) in [6.07, 6.45) is 3.79. The Kier molecular flexibility index (Phi) is 4.05. The molecule has 0 aromatic rings. The van der Waals surface area contributed by atoms with Gasteiger partial charge in [0.2, 0.25) is 5.91 Å². The normalized spacial score (nSPS) is 33.4. The molecule has 3 unspecified atom stereocenters. The van der Waals surface area contributed by atoms with E-state index in [1.54, 1.807) is 0 Å². The van der Waals surface area contributed by atoms with Crippen molar-refractivity contribution >= 4 is 5.91 Å². The summed E-state index contributed by atoms with van der Waals surface area (Å²) >= 11 is 0. The van der Waals surface area contributed by atoms with Crippen molar-refractivity contribution in [1.82, 2.24) is 15.1 Å². The van der Waals surface area contributed by atoms with Crippen molar-refractivity contribution in [2.45, 2.75) is 44.3 Å². The molecule has 1 N–H and O–H groups in total. The lowest BCUT2D eigenvalue weighted by molar-refractivity contribution is -0.137. The van der Waals surface area contributed by atoms with Gasteiger partial charge in [-0.15, -0.1) is 0 Å². The molecular weight excluding hydrogens is 242 g/mol. The van der Waals surface area contributed by atoms with E-state index in [-0.39, 0.29) is 11.9 Å². The van der Waals surface area contributed by atoms with E-state index in [0.717, 1.165) is 13.1 Å². The Morgan fingerprint density at radius 1 is 1.21 bits per heavy atom. The number of fused-ring (bicyclic) bond motifs is 1. The highest BCUT2D eigenvalue weighted by molar-refractivity contribution is 5.81. The predicted molar refractivity (Wildman–Crippen MR) is 73.0 cm³/mol. The minimum atomic E-state index is -0.0661. The van der Waals surface area contributed by atoms with Gasteiger partial charge in [0.05, 0.1) is 19.3 Å². The Hall–Kier alpha value is -0.650. The first-order valence-corrected chi connectivity index (χ1v) is 7.62. The SMILES string of the molecule is CC(NC1CCN2CCCC12)C(=O)N1CCOCC1. The second-order valence-electron chi connectivity index (χ2n) is 5.97. The van der Waals surface area contributed by atoms with Crippen LogP contribution in [0.25, 0.3) is 0 Å². The molecule has 0 radical (unpaired) electrons. The first-order valence-electron chi connectivity index (χ1n) is 7.62. The van der Waals surface area contributed by atoms with E-state index in [2.05, 4.69) is 10.2 Å². The van der Waals surface area contributed by atoms with E-state index in [1.165, 1.54) is 32.4 Å². The Bertz CT molecular complexity index is 331. The van der Waals surface area contributed by atoms with Crippen LogP contribution in [0, 0.1) is 0 Å². The highest BCUT2D eigenvalue weighted by Crippen LogP contribution is 2.28. The van der Waals surface area contributed by atoms with Crippen LogP contribution in [0.2, 0.25) is 0 Å². The smallest absolute Gasteiger partial charge is 0.239 e. The third kappa shape index (κ3) is 2.78. The number of nitrogens with zero attached hydrogens (tertiary/aromatic N) is 2. The molecule has 19 heavy (non-hydrogen) atoms. The van der Waals surface area contributed by atoms with Gasteiger partial charge in [-0.25, -0.2) is 0 Å². The van der Waals surface area contributed by atoms with Crippen LogP contribution in [0.4, 0.5) is 0 Å². The van der Waals surface area contributed by atoms with Gasteiger partial charge in [0, 0.05) is 31.7 Å². The average molecular weight is 267 g/mol. The molecule has 3 atom stereocenters. The van der Waals surface area contributed by atoms with Crippen LogP contribution in [0.3, 0.4) is 0 Å². The second kappa shape index (κ2) is 5.77. The van der Waals surface area contributed by atoms with E-state index < -0.39 is 0 Å². The molecule has 0 aromatic carbocycles. The van der Waals surface area contributed by atoms with E-state index in [0.29, 0.717) is 25.3 Å². The molecule has 108 valence electrons. The lowest BCUT2D eigenvalue weighted by Crippen LogP contribution is -2.53. The topological polar surface area (TPSA) is 44.8 Å². The van der Waals surface area contributed by atoms with Gasteiger partial charge in [0.25, 0.3) is 0 Å². The Balaban J connectivity index is 1.52. The van der Waals surface area contributed by atoms with Crippen LogP contribution < -0.4 is 5.32 Å². The van der Waals surface area contributed by atoms with Gasteiger partial charge < -0.3 is 15.0 Å². The fraction of sp³-hybridized carbons (Fsp3) is 0.929. The Morgan fingerprint density at radius 2 is 2.00 bits per heavy atom. The molecule has 0 aliphatic carbocycles. The third-order valence-corrected chi connectivity index (χ3v) is 4.76. The molecule has 5 heteroatoms. The summed E-state index contributed by atoms with van der Waals surface area (Å²) in [5.41, 5.74) is 0. The summed E-state index contributed by atoms with van der Waals surface area (Å²) < 4.78 is 5.30. The molecule has 3 fully saturated rings. The first kappa shape index (κ1) is 13.3. The van der Waals surface area contributed by atoms with Crippen LogP contribution in [0.1, 0.15) is 26.2 Å². The monoisotopic (exact) mass is 267 g/mol. The lowest BCUT2D eigenvalue weighted by Gasteiger charge is -2.31. The van der Waals surface area contributed by atoms with E-state index in [1.807, 2.05) is 11.8 Å². The van der Waals surface area contributed by atoms with E-state index >= 15 is 0 Å². The molecule has 3 saturated heterocycles. The molecule has 3 rings (SSSR count). The summed E-state index contributed by atoms with van der Waals surface area (Å²) in [7, 11) is 0.